The van der Waals surface area contributed by atoms with Gasteiger partial charge in [0, 0.05) is 6.42 Å². The Labute approximate surface area is 173 Å². The molecule has 1 atom stereocenters. The summed E-state index contributed by atoms with van der Waals surface area (Å²) in [4.78, 5) is 67.6. The summed E-state index contributed by atoms with van der Waals surface area (Å²) in [6, 6.07) is 1.16. The summed E-state index contributed by atoms with van der Waals surface area (Å²) in [6.07, 6.45) is 0.0224. The second-order valence-electron chi connectivity index (χ2n) is 6.27. The number of aliphatic carboxylic acids is 2. The molecular weight excluding hydrogens is 414 g/mol. The van der Waals surface area contributed by atoms with Gasteiger partial charge in [-0.3, -0.25) is 24.2 Å². The van der Waals surface area contributed by atoms with E-state index in [2.05, 4.69) is 25.6 Å². The van der Waals surface area contributed by atoms with Gasteiger partial charge in [-0.1, -0.05) is 0 Å². The number of nitrogens with zero attached hydrogens (tertiary/aromatic N) is 2. The maximum absolute atomic E-state index is 12.1. The van der Waals surface area contributed by atoms with Crippen molar-refractivity contribution in [2.24, 2.45) is 0 Å². The number of nitrogen functional groups attached to an aromatic ring is 2. The highest BCUT2D eigenvalue weighted by atomic mass is 16.4. The SMILES string of the molecule is Nc1nc(N)c(CC(=O)Nc2ccc(C(=O)N[C@H](CCC(=O)O)C(=O)O)nc2)c(=O)[nH]1. The van der Waals surface area contributed by atoms with E-state index in [1.54, 1.807) is 0 Å². The number of anilines is 3. The standard InChI is InChI=1S/C17H19N7O7/c18-13-8(14(28)24-17(19)23-13)5-11(25)21-7-1-2-9(20-6-7)15(29)22-10(16(30)31)3-4-12(26)27/h1-2,6,10H,3-5H2,(H,21,25)(H,22,29)(H,26,27)(H,30,31)(H5,18,19,23,24,28)/t10-/m1/s1. The number of amides is 2. The van der Waals surface area contributed by atoms with E-state index in [4.69, 9.17) is 21.7 Å². The first-order valence-corrected chi connectivity index (χ1v) is 8.72. The van der Waals surface area contributed by atoms with Crippen LogP contribution in [0.4, 0.5) is 17.5 Å². The van der Waals surface area contributed by atoms with E-state index in [-0.39, 0.29) is 41.6 Å². The van der Waals surface area contributed by atoms with Crippen LogP contribution in [0.1, 0.15) is 28.9 Å². The number of carboxylic acid groups (broad SMARTS) is 2. The average molecular weight is 433 g/mol. The van der Waals surface area contributed by atoms with Gasteiger partial charge in [-0.05, 0) is 18.6 Å². The minimum absolute atomic E-state index is 0.0725. The van der Waals surface area contributed by atoms with Crippen LogP contribution in [0, 0.1) is 0 Å². The van der Waals surface area contributed by atoms with Gasteiger partial charge in [-0.15, -0.1) is 0 Å². The number of H-pyrrole nitrogens is 1. The third-order valence-corrected chi connectivity index (χ3v) is 3.93. The minimum atomic E-state index is -1.40. The van der Waals surface area contributed by atoms with Crippen molar-refractivity contribution in [1.82, 2.24) is 20.3 Å². The molecule has 0 aliphatic carbocycles. The van der Waals surface area contributed by atoms with Crippen LogP contribution in [0.15, 0.2) is 23.1 Å². The normalized spacial score (nSPS) is 11.4. The zero-order valence-electron chi connectivity index (χ0n) is 15.9. The molecular formula is C17H19N7O7. The summed E-state index contributed by atoms with van der Waals surface area (Å²) in [7, 11) is 0. The molecule has 0 aliphatic rings. The molecule has 0 saturated carbocycles. The largest absolute Gasteiger partial charge is 0.481 e. The van der Waals surface area contributed by atoms with E-state index in [0.717, 1.165) is 6.20 Å². The lowest BCUT2D eigenvalue weighted by molar-refractivity contribution is -0.140. The van der Waals surface area contributed by atoms with Crippen molar-refractivity contribution in [3.63, 3.8) is 0 Å². The Hall–Kier alpha value is -4.49. The van der Waals surface area contributed by atoms with Crippen LogP contribution < -0.4 is 27.7 Å². The first-order chi connectivity index (χ1) is 14.6. The van der Waals surface area contributed by atoms with Gasteiger partial charge < -0.3 is 32.3 Å². The molecule has 14 nitrogen and oxygen atoms in total. The number of pyridine rings is 1. The number of hydrogen-bond acceptors (Lipinski definition) is 9. The van der Waals surface area contributed by atoms with Gasteiger partial charge in [-0.2, -0.15) is 4.98 Å². The number of carboxylic acids is 2. The Morgan fingerprint density at radius 3 is 2.42 bits per heavy atom. The Bertz CT molecular complexity index is 1070. The maximum atomic E-state index is 12.1. The topological polar surface area (TPSA) is 243 Å². The number of aromatic nitrogens is 3. The molecule has 0 bridgehead atoms. The number of carbonyl (C=O) groups is 4. The van der Waals surface area contributed by atoms with Crippen LogP contribution in [0.2, 0.25) is 0 Å². The summed E-state index contributed by atoms with van der Waals surface area (Å²) < 4.78 is 0. The molecule has 9 N–H and O–H groups in total. The lowest BCUT2D eigenvalue weighted by Gasteiger charge is -2.13. The van der Waals surface area contributed by atoms with E-state index in [9.17, 15) is 24.0 Å². The van der Waals surface area contributed by atoms with Crippen LogP contribution in [0.25, 0.3) is 0 Å². The van der Waals surface area contributed by atoms with Gasteiger partial charge in [0.2, 0.25) is 11.9 Å². The van der Waals surface area contributed by atoms with Crippen LogP contribution in [0.3, 0.4) is 0 Å². The fourth-order valence-electron chi connectivity index (χ4n) is 2.43. The fourth-order valence-corrected chi connectivity index (χ4v) is 2.43. The lowest BCUT2D eigenvalue weighted by atomic mass is 10.1. The summed E-state index contributed by atoms with van der Waals surface area (Å²) >= 11 is 0. The summed E-state index contributed by atoms with van der Waals surface area (Å²) in [5.41, 5.74) is 10.3. The first-order valence-electron chi connectivity index (χ1n) is 8.72. The first kappa shape index (κ1) is 22.8. The molecule has 2 rings (SSSR count). The van der Waals surface area contributed by atoms with E-state index >= 15 is 0 Å². The fraction of sp³-hybridized carbons (Fsp3) is 0.235. The van der Waals surface area contributed by atoms with Crippen molar-refractivity contribution in [3.8, 4) is 0 Å². The van der Waals surface area contributed by atoms with Gasteiger partial charge in [0.05, 0.1) is 23.9 Å². The molecule has 0 saturated heterocycles. The third kappa shape index (κ3) is 6.52. The van der Waals surface area contributed by atoms with Gasteiger partial charge in [0.25, 0.3) is 11.5 Å². The molecule has 2 aromatic heterocycles. The number of carbonyl (C=O) groups excluding carboxylic acids is 2. The quantitative estimate of drug-likeness (QED) is 0.241. The van der Waals surface area contributed by atoms with E-state index in [0.29, 0.717) is 0 Å². The molecule has 14 heteroatoms. The number of nitrogens with one attached hydrogen (secondary N) is 3. The van der Waals surface area contributed by atoms with Crippen molar-refractivity contribution >= 4 is 41.2 Å². The average Bonchev–Trinajstić information content (AvgIpc) is 2.68. The minimum Gasteiger partial charge on any atom is -0.481 e. The molecule has 0 aliphatic heterocycles. The number of nitrogens with two attached hydrogens (primary N) is 2. The lowest BCUT2D eigenvalue weighted by Crippen LogP contribution is -2.41. The molecule has 2 heterocycles. The van der Waals surface area contributed by atoms with Crippen molar-refractivity contribution in [3.05, 3.63) is 39.9 Å². The van der Waals surface area contributed by atoms with E-state index < -0.39 is 41.8 Å². The van der Waals surface area contributed by atoms with E-state index in [1.165, 1.54) is 12.1 Å². The van der Waals surface area contributed by atoms with Gasteiger partial charge >= 0.3 is 11.9 Å². The Kier molecular flexibility index (Phi) is 7.22. The van der Waals surface area contributed by atoms with Gasteiger partial charge in [-0.25, -0.2) is 9.78 Å². The van der Waals surface area contributed by atoms with Crippen LogP contribution in [0.5, 0.6) is 0 Å². The Morgan fingerprint density at radius 1 is 1.16 bits per heavy atom. The van der Waals surface area contributed by atoms with Crippen LogP contribution in [-0.4, -0.2) is 55.0 Å². The molecule has 31 heavy (non-hydrogen) atoms. The molecule has 0 spiro atoms. The molecule has 0 unspecified atom stereocenters. The van der Waals surface area contributed by atoms with E-state index in [1.807, 2.05) is 0 Å². The maximum Gasteiger partial charge on any atom is 0.326 e. The summed E-state index contributed by atoms with van der Waals surface area (Å²) in [5.74, 6) is -4.39. The van der Waals surface area contributed by atoms with Crippen molar-refractivity contribution in [1.29, 1.82) is 0 Å². The molecule has 2 amide bonds. The summed E-state index contributed by atoms with van der Waals surface area (Å²) in [6.45, 7) is 0. The predicted octanol–water partition coefficient (Wildman–Crippen LogP) is -1.44. The highest BCUT2D eigenvalue weighted by Gasteiger charge is 2.22. The Balaban J connectivity index is 2.00. The van der Waals surface area contributed by atoms with Gasteiger partial charge in [0.1, 0.15) is 17.6 Å². The monoisotopic (exact) mass is 433 g/mol. The number of aromatic amines is 1. The predicted molar refractivity (Wildman–Crippen MR) is 106 cm³/mol. The summed E-state index contributed by atoms with van der Waals surface area (Å²) in [5, 5.41) is 22.4. The molecule has 2 aromatic rings. The molecule has 0 aromatic carbocycles. The van der Waals surface area contributed by atoms with Crippen LogP contribution >= 0.6 is 0 Å². The number of hydrogen-bond donors (Lipinski definition) is 7. The van der Waals surface area contributed by atoms with Gasteiger partial charge in [0.15, 0.2) is 0 Å². The highest BCUT2D eigenvalue weighted by Crippen LogP contribution is 2.10. The molecule has 0 radical (unpaired) electrons. The highest BCUT2D eigenvalue weighted by molar-refractivity contribution is 5.96. The van der Waals surface area contributed by atoms with Crippen molar-refractivity contribution in [2.45, 2.75) is 25.3 Å². The van der Waals surface area contributed by atoms with Crippen molar-refractivity contribution < 1.29 is 29.4 Å². The number of rotatable bonds is 9. The molecule has 0 fully saturated rings. The zero-order valence-corrected chi connectivity index (χ0v) is 15.9. The second-order valence-corrected chi connectivity index (χ2v) is 6.27. The molecule has 164 valence electrons. The third-order valence-electron chi connectivity index (χ3n) is 3.93. The Morgan fingerprint density at radius 2 is 1.87 bits per heavy atom. The second kappa shape index (κ2) is 9.82. The van der Waals surface area contributed by atoms with Crippen LogP contribution in [-0.2, 0) is 20.8 Å². The van der Waals surface area contributed by atoms with Crippen molar-refractivity contribution in [2.75, 3.05) is 16.8 Å². The zero-order chi connectivity index (χ0) is 23.1. The smallest absolute Gasteiger partial charge is 0.326 e.